The first-order valence-electron chi connectivity index (χ1n) is 9.22. The normalized spacial score (nSPS) is 14.7. The van der Waals surface area contributed by atoms with E-state index >= 15 is 0 Å². The Morgan fingerprint density at radius 3 is 2.76 bits per heavy atom. The summed E-state index contributed by atoms with van der Waals surface area (Å²) >= 11 is 0. The number of nitrogens with one attached hydrogen (secondary N) is 2. The average molecular weight is 348 g/mol. The smallest absolute Gasteiger partial charge is 0.223 e. The molecule has 0 spiro atoms. The third-order valence-corrected chi connectivity index (χ3v) is 4.21. The molecule has 0 unspecified atom stereocenters. The molecule has 1 aliphatic carbocycles. The van der Waals surface area contributed by atoms with Crippen LogP contribution in [0.1, 0.15) is 50.8 Å². The molecular weight excluding hydrogens is 316 g/mol. The van der Waals surface area contributed by atoms with E-state index in [1.165, 1.54) is 5.56 Å². The summed E-state index contributed by atoms with van der Waals surface area (Å²) in [6.45, 7) is 9.10. The van der Waals surface area contributed by atoms with Crippen LogP contribution in [0.3, 0.4) is 0 Å². The van der Waals surface area contributed by atoms with Crippen LogP contribution in [0.4, 0.5) is 0 Å². The summed E-state index contributed by atoms with van der Waals surface area (Å²) in [7, 11) is 3.98. The number of aliphatic imine (C=N–C) groups is 1. The van der Waals surface area contributed by atoms with E-state index in [4.69, 9.17) is 0 Å². The van der Waals surface area contributed by atoms with Crippen LogP contribution in [0.5, 0.6) is 0 Å². The van der Waals surface area contributed by atoms with Crippen LogP contribution in [-0.4, -0.2) is 53.2 Å². The fourth-order valence-corrected chi connectivity index (χ4v) is 2.79. The fraction of sp³-hybridized carbons (Fsp3) is 0.722. The second-order valence-electron chi connectivity index (χ2n) is 7.02. The lowest BCUT2D eigenvalue weighted by Gasteiger charge is -2.22. The van der Waals surface area contributed by atoms with Crippen molar-refractivity contribution < 1.29 is 4.79 Å². The summed E-state index contributed by atoms with van der Waals surface area (Å²) in [5.74, 6) is 1.66. The molecule has 2 rings (SSSR count). The highest BCUT2D eigenvalue weighted by Gasteiger charge is 2.28. The number of amides is 1. The first kappa shape index (κ1) is 19.3. The molecule has 0 radical (unpaired) electrons. The van der Waals surface area contributed by atoms with E-state index < -0.39 is 0 Å². The zero-order chi connectivity index (χ0) is 18.4. The molecule has 1 aromatic rings. The van der Waals surface area contributed by atoms with Gasteiger partial charge in [0.25, 0.3) is 0 Å². The summed E-state index contributed by atoms with van der Waals surface area (Å²) in [6, 6.07) is 0. The lowest BCUT2D eigenvalue weighted by atomic mass is 10.1. The lowest BCUT2D eigenvalue weighted by Crippen LogP contribution is -2.39. The predicted octanol–water partition coefficient (Wildman–Crippen LogP) is 1.47. The van der Waals surface area contributed by atoms with Crippen LogP contribution in [0.2, 0.25) is 0 Å². The van der Waals surface area contributed by atoms with Crippen molar-refractivity contribution in [1.29, 1.82) is 0 Å². The van der Waals surface area contributed by atoms with Crippen LogP contribution in [0.25, 0.3) is 0 Å². The van der Waals surface area contributed by atoms with E-state index in [-0.39, 0.29) is 11.8 Å². The number of carbonyl (C=O) groups is 1. The van der Waals surface area contributed by atoms with E-state index in [0.717, 1.165) is 37.6 Å². The monoisotopic (exact) mass is 348 g/mol. The quantitative estimate of drug-likeness (QED) is 0.424. The highest BCUT2D eigenvalue weighted by Crippen LogP contribution is 2.28. The van der Waals surface area contributed by atoms with E-state index in [9.17, 15) is 4.79 Å². The molecule has 0 saturated heterocycles. The molecule has 0 aromatic carbocycles. The third-order valence-electron chi connectivity index (χ3n) is 4.21. The number of hydrogen-bond acceptors (Lipinski definition) is 3. The number of hydrogen-bond donors (Lipinski definition) is 2. The first-order chi connectivity index (χ1) is 11.9. The maximum atomic E-state index is 11.7. The molecule has 1 aromatic heterocycles. The zero-order valence-corrected chi connectivity index (χ0v) is 16.2. The Bertz CT molecular complexity index is 603. The summed E-state index contributed by atoms with van der Waals surface area (Å²) in [5.41, 5.74) is 2.34. The minimum atomic E-state index is 0.172. The van der Waals surface area contributed by atoms with Gasteiger partial charge in [-0.2, -0.15) is 5.10 Å². The molecule has 7 nitrogen and oxygen atoms in total. The second-order valence-corrected chi connectivity index (χ2v) is 7.02. The summed E-state index contributed by atoms with van der Waals surface area (Å²) < 4.78 is 1.87. The highest BCUT2D eigenvalue weighted by atomic mass is 16.2. The Morgan fingerprint density at radius 2 is 2.16 bits per heavy atom. The predicted molar refractivity (Wildman–Crippen MR) is 100 cm³/mol. The molecule has 1 amide bonds. The Labute approximate surface area is 150 Å². The highest BCUT2D eigenvalue weighted by molar-refractivity contribution is 5.81. The molecule has 0 atom stereocenters. The van der Waals surface area contributed by atoms with Crippen LogP contribution in [0, 0.1) is 5.92 Å². The number of guanidine groups is 1. The minimum Gasteiger partial charge on any atom is -0.357 e. The summed E-state index contributed by atoms with van der Waals surface area (Å²) in [5, 5.41) is 10.8. The zero-order valence-electron chi connectivity index (χ0n) is 16.2. The maximum absolute atomic E-state index is 11.7. The number of carbonyl (C=O) groups excluding carboxylic acids is 1. The molecular formula is C18H32N6O. The van der Waals surface area contributed by atoms with Gasteiger partial charge >= 0.3 is 0 Å². The minimum absolute atomic E-state index is 0.172. The molecule has 25 heavy (non-hydrogen) atoms. The van der Waals surface area contributed by atoms with Gasteiger partial charge in [-0.15, -0.1) is 0 Å². The van der Waals surface area contributed by atoms with Crippen molar-refractivity contribution in [2.24, 2.45) is 18.0 Å². The van der Waals surface area contributed by atoms with Gasteiger partial charge in [0.05, 0.1) is 12.2 Å². The SMILES string of the molecule is CCNC(=NCCNC(=O)C1CC1)N(C)Cc1cn(C)nc1C(C)C. The van der Waals surface area contributed by atoms with E-state index in [1.807, 2.05) is 18.8 Å². The topological polar surface area (TPSA) is 74.6 Å². The van der Waals surface area contributed by atoms with Gasteiger partial charge in [0.2, 0.25) is 5.91 Å². The largest absolute Gasteiger partial charge is 0.357 e. The standard InChI is InChI=1S/C18H32N6O/c1-6-19-18(21-10-9-20-17(25)14-7-8-14)23(4)11-15-12-24(5)22-16(15)13(2)3/h12-14H,6-11H2,1-5H3,(H,19,21)(H,20,25). The summed E-state index contributed by atoms with van der Waals surface area (Å²) in [4.78, 5) is 18.4. The van der Waals surface area contributed by atoms with Crippen LogP contribution in [0.15, 0.2) is 11.2 Å². The van der Waals surface area contributed by atoms with Gasteiger partial charge in [-0.05, 0) is 25.7 Å². The van der Waals surface area contributed by atoms with Gasteiger partial charge in [0, 0.05) is 51.4 Å². The molecule has 0 aliphatic heterocycles. The molecule has 7 heteroatoms. The van der Waals surface area contributed by atoms with Crippen molar-refractivity contribution in [2.45, 2.75) is 46.1 Å². The van der Waals surface area contributed by atoms with E-state index in [1.54, 1.807) is 0 Å². The van der Waals surface area contributed by atoms with Gasteiger partial charge in [-0.25, -0.2) is 0 Å². The number of rotatable bonds is 8. The Kier molecular flexibility index (Phi) is 6.84. The van der Waals surface area contributed by atoms with Crippen molar-refractivity contribution in [3.8, 4) is 0 Å². The van der Waals surface area contributed by atoms with Crippen molar-refractivity contribution in [1.82, 2.24) is 25.3 Å². The molecule has 1 fully saturated rings. The molecule has 0 bridgehead atoms. The van der Waals surface area contributed by atoms with Gasteiger partial charge in [-0.3, -0.25) is 14.5 Å². The third kappa shape index (κ3) is 5.76. The van der Waals surface area contributed by atoms with Crippen molar-refractivity contribution in [3.05, 3.63) is 17.5 Å². The van der Waals surface area contributed by atoms with Gasteiger partial charge in [0.15, 0.2) is 5.96 Å². The Morgan fingerprint density at radius 1 is 1.44 bits per heavy atom. The molecule has 140 valence electrons. The fourth-order valence-electron chi connectivity index (χ4n) is 2.79. The van der Waals surface area contributed by atoms with Gasteiger partial charge in [-0.1, -0.05) is 13.8 Å². The first-order valence-corrected chi connectivity index (χ1v) is 9.22. The molecule has 2 N–H and O–H groups in total. The molecule has 1 aliphatic rings. The number of nitrogens with zero attached hydrogens (tertiary/aromatic N) is 4. The van der Waals surface area contributed by atoms with Crippen molar-refractivity contribution >= 4 is 11.9 Å². The Hall–Kier alpha value is -2.05. The number of aryl methyl sites for hydroxylation is 1. The molecule has 1 saturated carbocycles. The molecule has 1 heterocycles. The maximum Gasteiger partial charge on any atom is 0.223 e. The van der Waals surface area contributed by atoms with Crippen LogP contribution < -0.4 is 10.6 Å². The average Bonchev–Trinajstić information content (AvgIpc) is 3.33. The lowest BCUT2D eigenvalue weighted by molar-refractivity contribution is -0.122. The van der Waals surface area contributed by atoms with Crippen LogP contribution in [-0.2, 0) is 18.4 Å². The van der Waals surface area contributed by atoms with Gasteiger partial charge < -0.3 is 15.5 Å². The van der Waals surface area contributed by atoms with Crippen molar-refractivity contribution in [2.75, 3.05) is 26.7 Å². The second kappa shape index (κ2) is 8.87. The van der Waals surface area contributed by atoms with Crippen molar-refractivity contribution in [3.63, 3.8) is 0 Å². The summed E-state index contributed by atoms with van der Waals surface area (Å²) in [6.07, 6.45) is 4.14. The Balaban J connectivity index is 1.93. The van der Waals surface area contributed by atoms with Crippen LogP contribution >= 0.6 is 0 Å². The van der Waals surface area contributed by atoms with E-state index in [2.05, 4.69) is 52.6 Å². The van der Waals surface area contributed by atoms with E-state index in [0.29, 0.717) is 19.0 Å². The number of aromatic nitrogens is 2. The van der Waals surface area contributed by atoms with Gasteiger partial charge in [0.1, 0.15) is 0 Å².